The summed E-state index contributed by atoms with van der Waals surface area (Å²) in [6.45, 7) is 3.35. The number of benzene rings is 4. The van der Waals surface area contributed by atoms with Gasteiger partial charge in [-0.2, -0.15) is 0 Å². The Bertz CT molecular complexity index is 1840. The highest BCUT2D eigenvalue weighted by Crippen LogP contribution is 2.36. The number of rotatable bonds is 14. The van der Waals surface area contributed by atoms with Gasteiger partial charge in [0.05, 0.1) is 24.8 Å². The largest absolute Gasteiger partial charge is 0.497 e. The topological polar surface area (TPSA) is 105 Å². The Kier molecular flexibility index (Phi) is 11.6. The van der Waals surface area contributed by atoms with Gasteiger partial charge in [-0.05, 0) is 62.1 Å². The van der Waals surface area contributed by atoms with Gasteiger partial charge in [0.1, 0.15) is 24.1 Å². The first-order chi connectivity index (χ1) is 23.6. The molecular formula is C39H45N3O6S. The van der Waals surface area contributed by atoms with Crippen molar-refractivity contribution in [3.05, 3.63) is 119 Å². The van der Waals surface area contributed by atoms with Crippen molar-refractivity contribution in [2.24, 2.45) is 0 Å². The lowest BCUT2D eigenvalue weighted by molar-refractivity contribution is -0.140. The van der Waals surface area contributed by atoms with E-state index in [1.807, 2.05) is 68.4 Å². The molecule has 1 aliphatic rings. The normalized spacial score (nSPS) is 13.8. The van der Waals surface area contributed by atoms with Gasteiger partial charge in [0.25, 0.3) is 10.0 Å². The fraction of sp³-hybridized carbons (Fsp3) is 0.333. The van der Waals surface area contributed by atoms with E-state index in [0.29, 0.717) is 5.75 Å². The zero-order valence-corrected chi connectivity index (χ0v) is 29.4. The lowest BCUT2D eigenvalue weighted by Crippen LogP contribution is -2.54. The second kappa shape index (κ2) is 16.0. The number of amides is 2. The van der Waals surface area contributed by atoms with Crippen LogP contribution in [0.3, 0.4) is 0 Å². The summed E-state index contributed by atoms with van der Waals surface area (Å²) in [6.07, 6.45) is 4.09. The maximum atomic E-state index is 14.8. The van der Waals surface area contributed by atoms with Crippen LogP contribution in [0.1, 0.15) is 47.9 Å². The number of hydrogen-bond acceptors (Lipinski definition) is 6. The molecular weight excluding hydrogens is 639 g/mol. The first kappa shape index (κ1) is 35.5. The van der Waals surface area contributed by atoms with E-state index >= 15 is 0 Å². The minimum absolute atomic E-state index is 0.0146. The second-order valence-corrected chi connectivity index (χ2v) is 14.4. The Morgan fingerprint density at radius 3 is 2.16 bits per heavy atom. The second-order valence-electron chi connectivity index (χ2n) is 12.6. The molecule has 10 heteroatoms. The maximum Gasteiger partial charge on any atom is 0.264 e. The molecule has 0 bridgehead atoms. The van der Waals surface area contributed by atoms with E-state index in [4.69, 9.17) is 9.47 Å². The van der Waals surface area contributed by atoms with E-state index in [2.05, 4.69) is 5.32 Å². The van der Waals surface area contributed by atoms with Gasteiger partial charge in [0.15, 0.2) is 0 Å². The highest BCUT2D eigenvalue weighted by atomic mass is 32.2. The number of anilines is 1. The molecule has 4 aromatic carbocycles. The van der Waals surface area contributed by atoms with Gasteiger partial charge < -0.3 is 19.7 Å². The first-order valence-corrected chi connectivity index (χ1v) is 18.0. The number of ether oxygens (including phenoxy) is 2. The van der Waals surface area contributed by atoms with Gasteiger partial charge in [-0.15, -0.1) is 0 Å². The van der Waals surface area contributed by atoms with Crippen LogP contribution in [0.4, 0.5) is 5.69 Å². The predicted octanol–water partition coefficient (Wildman–Crippen LogP) is 6.21. The van der Waals surface area contributed by atoms with Crippen LogP contribution in [0.25, 0.3) is 0 Å². The third-order valence-corrected chi connectivity index (χ3v) is 10.7. The molecule has 0 saturated heterocycles. The smallest absolute Gasteiger partial charge is 0.264 e. The van der Waals surface area contributed by atoms with E-state index in [0.717, 1.165) is 52.2 Å². The number of carbonyl (C=O) groups is 2. The quantitative estimate of drug-likeness (QED) is 0.169. The molecule has 1 fully saturated rings. The Morgan fingerprint density at radius 2 is 1.51 bits per heavy atom. The van der Waals surface area contributed by atoms with E-state index in [1.165, 1.54) is 37.3 Å². The zero-order valence-electron chi connectivity index (χ0n) is 28.6. The van der Waals surface area contributed by atoms with Crippen molar-refractivity contribution in [3.8, 4) is 11.5 Å². The van der Waals surface area contributed by atoms with Crippen LogP contribution in [0.15, 0.2) is 102 Å². The van der Waals surface area contributed by atoms with E-state index in [1.54, 1.807) is 24.3 Å². The maximum absolute atomic E-state index is 14.8. The zero-order chi connectivity index (χ0) is 35.0. The Hall–Kier alpha value is -4.83. The first-order valence-electron chi connectivity index (χ1n) is 16.6. The number of sulfonamides is 1. The standard InChI is InChI=1S/C39H45N3O6S/c1-28-17-20-34(21-18-28)49(45,46)42(35-25-33(47-3)19-22-37(35)48-4)27-38(43)41(26-31-14-10-11-29(2)23-31)36(24-30-12-6-5-7-13-30)39(44)40-32-15-8-9-16-32/h5-7,10-14,17-23,25,32,36H,8-9,15-16,24,26-27H2,1-4H3,(H,40,44)/t36-/m1/s1. The molecule has 1 saturated carbocycles. The fourth-order valence-electron chi connectivity index (χ4n) is 6.27. The van der Waals surface area contributed by atoms with Crippen LogP contribution in [0.5, 0.6) is 11.5 Å². The van der Waals surface area contributed by atoms with Crippen LogP contribution < -0.4 is 19.1 Å². The fourth-order valence-corrected chi connectivity index (χ4v) is 7.69. The van der Waals surface area contributed by atoms with Crippen LogP contribution in [0.2, 0.25) is 0 Å². The third-order valence-electron chi connectivity index (χ3n) is 8.95. The summed E-state index contributed by atoms with van der Waals surface area (Å²) in [5.74, 6) is -0.163. The molecule has 49 heavy (non-hydrogen) atoms. The van der Waals surface area contributed by atoms with Gasteiger partial charge in [-0.3, -0.25) is 13.9 Å². The van der Waals surface area contributed by atoms with Crippen LogP contribution in [-0.4, -0.2) is 58.0 Å². The minimum Gasteiger partial charge on any atom is -0.497 e. The van der Waals surface area contributed by atoms with Crippen molar-refractivity contribution in [2.45, 2.75) is 69.5 Å². The summed E-state index contributed by atoms with van der Waals surface area (Å²) in [6, 6.07) is 27.7. The van der Waals surface area contributed by atoms with Crippen LogP contribution in [0, 0.1) is 13.8 Å². The van der Waals surface area contributed by atoms with Crippen molar-refractivity contribution in [2.75, 3.05) is 25.1 Å². The monoisotopic (exact) mass is 683 g/mol. The lowest BCUT2D eigenvalue weighted by atomic mass is 10.0. The van der Waals surface area contributed by atoms with Gasteiger partial charge >= 0.3 is 0 Å². The van der Waals surface area contributed by atoms with Crippen molar-refractivity contribution in [1.29, 1.82) is 0 Å². The minimum atomic E-state index is -4.31. The van der Waals surface area contributed by atoms with Crippen molar-refractivity contribution >= 4 is 27.5 Å². The third kappa shape index (κ3) is 8.80. The molecule has 258 valence electrons. The van der Waals surface area contributed by atoms with Crippen molar-refractivity contribution < 1.29 is 27.5 Å². The summed E-state index contributed by atoms with van der Waals surface area (Å²) in [5.41, 5.74) is 3.74. The predicted molar refractivity (Wildman–Crippen MR) is 191 cm³/mol. The SMILES string of the molecule is COc1ccc(OC)c(N(CC(=O)N(Cc2cccc(C)c2)[C@H](Cc2ccccc2)C(=O)NC2CCCC2)S(=O)(=O)c2ccc(C)cc2)c1. The Labute approximate surface area is 289 Å². The van der Waals surface area contributed by atoms with Crippen molar-refractivity contribution in [1.82, 2.24) is 10.2 Å². The molecule has 5 rings (SSSR count). The Morgan fingerprint density at radius 1 is 0.816 bits per heavy atom. The number of aryl methyl sites for hydroxylation is 2. The molecule has 0 heterocycles. The van der Waals surface area contributed by atoms with Gasteiger partial charge in [0.2, 0.25) is 11.8 Å². The summed E-state index contributed by atoms with van der Waals surface area (Å²) in [7, 11) is -1.39. The number of nitrogens with zero attached hydrogens (tertiary/aromatic N) is 2. The van der Waals surface area contributed by atoms with Crippen LogP contribution in [-0.2, 0) is 32.6 Å². The number of carbonyl (C=O) groups excluding carboxylic acids is 2. The van der Waals surface area contributed by atoms with Crippen LogP contribution >= 0.6 is 0 Å². The average Bonchev–Trinajstić information content (AvgIpc) is 3.62. The summed E-state index contributed by atoms with van der Waals surface area (Å²) in [4.78, 5) is 30.6. The van der Waals surface area contributed by atoms with E-state index in [-0.39, 0.29) is 41.2 Å². The number of nitrogens with one attached hydrogen (secondary N) is 1. The molecule has 4 aromatic rings. The summed E-state index contributed by atoms with van der Waals surface area (Å²) in [5, 5.41) is 3.21. The van der Waals surface area contributed by atoms with Gasteiger partial charge in [0, 0.05) is 25.1 Å². The summed E-state index contributed by atoms with van der Waals surface area (Å²) >= 11 is 0. The molecule has 1 aliphatic carbocycles. The van der Waals surface area contributed by atoms with Crippen molar-refractivity contribution in [3.63, 3.8) is 0 Å². The molecule has 9 nitrogen and oxygen atoms in total. The molecule has 0 spiro atoms. The average molecular weight is 684 g/mol. The van der Waals surface area contributed by atoms with Gasteiger partial charge in [-0.1, -0.05) is 90.7 Å². The summed E-state index contributed by atoms with van der Waals surface area (Å²) < 4.78 is 41.1. The molecule has 0 aromatic heterocycles. The molecule has 1 N–H and O–H groups in total. The van der Waals surface area contributed by atoms with E-state index < -0.39 is 28.5 Å². The number of methoxy groups -OCH3 is 2. The Balaban J connectivity index is 1.62. The highest BCUT2D eigenvalue weighted by molar-refractivity contribution is 7.92. The molecule has 0 radical (unpaired) electrons. The van der Waals surface area contributed by atoms with Gasteiger partial charge in [-0.25, -0.2) is 8.42 Å². The molecule has 2 amide bonds. The lowest BCUT2D eigenvalue weighted by Gasteiger charge is -2.34. The molecule has 0 aliphatic heterocycles. The van der Waals surface area contributed by atoms with E-state index in [9.17, 15) is 18.0 Å². The highest BCUT2D eigenvalue weighted by Gasteiger charge is 2.36. The molecule has 0 unspecified atom stereocenters. The molecule has 1 atom stereocenters. The number of hydrogen-bond donors (Lipinski definition) is 1.